The zero-order chi connectivity index (χ0) is 18.4. The van der Waals surface area contributed by atoms with Crippen molar-refractivity contribution in [2.45, 2.75) is 13.0 Å². The number of nitrogens with one attached hydrogen (secondary N) is 2. The molecule has 138 valence electrons. The van der Waals surface area contributed by atoms with Crippen LogP contribution in [0.1, 0.15) is 17.3 Å². The van der Waals surface area contributed by atoms with Gasteiger partial charge in [-0.3, -0.25) is 9.69 Å². The molecule has 0 bridgehead atoms. The number of anilines is 2. The van der Waals surface area contributed by atoms with Gasteiger partial charge in [0, 0.05) is 44.5 Å². The van der Waals surface area contributed by atoms with Gasteiger partial charge in [0.1, 0.15) is 0 Å². The Morgan fingerprint density at radius 1 is 1.00 bits per heavy atom. The van der Waals surface area contributed by atoms with E-state index < -0.39 is 0 Å². The number of amides is 1. The van der Waals surface area contributed by atoms with Crippen molar-refractivity contribution in [3.63, 3.8) is 0 Å². The summed E-state index contributed by atoms with van der Waals surface area (Å²) in [6.45, 7) is 7.12. The minimum absolute atomic E-state index is 0.0370. The average Bonchev–Trinajstić information content (AvgIpc) is 2.67. The fraction of sp³-hybridized carbons (Fsp3) is 0.381. The fourth-order valence-corrected chi connectivity index (χ4v) is 3.19. The second-order valence-corrected chi connectivity index (χ2v) is 6.93. The lowest BCUT2D eigenvalue weighted by Gasteiger charge is -2.36. The van der Waals surface area contributed by atoms with Crippen molar-refractivity contribution in [2.75, 3.05) is 45.1 Å². The number of nitrogens with zero attached hydrogens (tertiary/aromatic N) is 2. The number of hydrogen-bond donors (Lipinski definition) is 2. The second-order valence-electron chi connectivity index (χ2n) is 6.93. The molecule has 0 aliphatic carbocycles. The lowest BCUT2D eigenvalue weighted by molar-refractivity contribution is 0.0904. The maximum absolute atomic E-state index is 12.7. The van der Waals surface area contributed by atoms with E-state index in [1.54, 1.807) is 0 Å². The molecular formula is C21H28N4O. The highest BCUT2D eigenvalue weighted by molar-refractivity contribution is 6.00. The standard InChI is InChI=1S/C21H28N4O/c1-17(25-14-12-24(2)13-15-25)16-22-21(26)19-10-6-7-11-20(19)23-18-8-4-3-5-9-18/h3-11,17,23H,12-16H2,1-2H3,(H,22,26). The Kier molecular flexibility index (Phi) is 6.26. The van der Waals surface area contributed by atoms with Crippen molar-refractivity contribution >= 4 is 17.3 Å². The molecule has 1 heterocycles. The number of para-hydroxylation sites is 2. The third-order valence-corrected chi connectivity index (χ3v) is 4.94. The van der Waals surface area contributed by atoms with Gasteiger partial charge in [-0.25, -0.2) is 0 Å². The van der Waals surface area contributed by atoms with Gasteiger partial charge in [0.05, 0.1) is 11.3 Å². The summed E-state index contributed by atoms with van der Waals surface area (Å²) < 4.78 is 0. The molecule has 3 rings (SSSR count). The van der Waals surface area contributed by atoms with Crippen LogP contribution < -0.4 is 10.6 Å². The maximum Gasteiger partial charge on any atom is 0.253 e. The Bertz CT molecular complexity index is 711. The lowest BCUT2D eigenvalue weighted by atomic mass is 10.1. The van der Waals surface area contributed by atoms with E-state index in [4.69, 9.17) is 0 Å². The number of benzene rings is 2. The van der Waals surface area contributed by atoms with Crippen molar-refractivity contribution in [2.24, 2.45) is 0 Å². The predicted molar refractivity (Wildman–Crippen MR) is 107 cm³/mol. The summed E-state index contributed by atoms with van der Waals surface area (Å²) in [4.78, 5) is 17.5. The molecule has 2 aromatic rings. The molecule has 0 aromatic heterocycles. The molecule has 2 N–H and O–H groups in total. The molecule has 0 radical (unpaired) electrons. The van der Waals surface area contributed by atoms with Gasteiger partial charge >= 0.3 is 0 Å². The van der Waals surface area contributed by atoms with Gasteiger partial charge in [-0.1, -0.05) is 30.3 Å². The summed E-state index contributed by atoms with van der Waals surface area (Å²) >= 11 is 0. The summed E-state index contributed by atoms with van der Waals surface area (Å²) in [5.41, 5.74) is 2.46. The molecule has 1 amide bonds. The first-order valence-corrected chi connectivity index (χ1v) is 9.25. The SMILES string of the molecule is CC(CNC(=O)c1ccccc1Nc1ccccc1)N1CCN(C)CC1. The minimum atomic E-state index is -0.0370. The lowest BCUT2D eigenvalue weighted by Crippen LogP contribution is -2.51. The maximum atomic E-state index is 12.7. The number of carbonyl (C=O) groups is 1. The fourth-order valence-electron chi connectivity index (χ4n) is 3.19. The number of rotatable bonds is 6. The van der Waals surface area contributed by atoms with E-state index in [0.29, 0.717) is 18.2 Å². The Labute approximate surface area is 156 Å². The van der Waals surface area contributed by atoms with Crippen molar-refractivity contribution in [3.05, 3.63) is 60.2 Å². The highest BCUT2D eigenvalue weighted by Crippen LogP contribution is 2.20. The molecule has 1 saturated heterocycles. The Hall–Kier alpha value is -2.37. The number of likely N-dealkylation sites (N-methyl/N-ethyl adjacent to an activating group) is 1. The zero-order valence-corrected chi connectivity index (χ0v) is 15.6. The molecule has 1 aliphatic rings. The van der Waals surface area contributed by atoms with Crippen molar-refractivity contribution in [3.8, 4) is 0 Å². The van der Waals surface area contributed by atoms with Gasteiger partial charge in [-0.05, 0) is 38.2 Å². The molecule has 0 saturated carbocycles. The minimum Gasteiger partial charge on any atom is -0.355 e. The molecule has 5 heteroatoms. The Morgan fingerprint density at radius 2 is 1.65 bits per heavy atom. The van der Waals surface area contributed by atoms with E-state index in [1.165, 1.54) is 0 Å². The molecule has 1 fully saturated rings. The molecule has 26 heavy (non-hydrogen) atoms. The van der Waals surface area contributed by atoms with Crippen LogP contribution in [-0.4, -0.2) is 61.5 Å². The van der Waals surface area contributed by atoms with Crippen LogP contribution in [0.25, 0.3) is 0 Å². The Morgan fingerprint density at radius 3 is 2.38 bits per heavy atom. The van der Waals surface area contributed by atoms with Crippen molar-refractivity contribution in [1.29, 1.82) is 0 Å². The summed E-state index contributed by atoms with van der Waals surface area (Å²) in [5, 5.41) is 6.43. The molecule has 1 unspecified atom stereocenters. The van der Waals surface area contributed by atoms with Gasteiger partial charge in [0.2, 0.25) is 0 Å². The predicted octanol–water partition coefficient (Wildman–Crippen LogP) is 2.80. The smallest absolute Gasteiger partial charge is 0.253 e. The van der Waals surface area contributed by atoms with Gasteiger partial charge in [0.25, 0.3) is 5.91 Å². The third kappa shape index (κ3) is 4.84. The summed E-state index contributed by atoms with van der Waals surface area (Å²) in [5.74, 6) is -0.0370. The van der Waals surface area contributed by atoms with Crippen LogP contribution in [0.5, 0.6) is 0 Å². The van der Waals surface area contributed by atoms with Crippen LogP contribution in [0.15, 0.2) is 54.6 Å². The van der Waals surface area contributed by atoms with E-state index in [0.717, 1.165) is 37.6 Å². The largest absolute Gasteiger partial charge is 0.355 e. The average molecular weight is 352 g/mol. The molecule has 5 nitrogen and oxygen atoms in total. The zero-order valence-electron chi connectivity index (χ0n) is 15.6. The van der Waals surface area contributed by atoms with Gasteiger partial charge in [0.15, 0.2) is 0 Å². The molecule has 0 spiro atoms. The number of carbonyl (C=O) groups excluding carboxylic acids is 1. The molecule has 1 aliphatic heterocycles. The first kappa shape index (κ1) is 18.4. The monoisotopic (exact) mass is 352 g/mol. The normalized spacial score (nSPS) is 16.8. The molecule has 1 atom stereocenters. The van der Waals surface area contributed by atoms with E-state index in [-0.39, 0.29) is 5.91 Å². The Balaban J connectivity index is 1.59. The quantitative estimate of drug-likeness (QED) is 0.839. The molecule has 2 aromatic carbocycles. The number of piperazine rings is 1. The van der Waals surface area contributed by atoms with Crippen LogP contribution >= 0.6 is 0 Å². The van der Waals surface area contributed by atoms with Gasteiger partial charge in [-0.2, -0.15) is 0 Å². The van der Waals surface area contributed by atoms with E-state index >= 15 is 0 Å². The van der Waals surface area contributed by atoms with Gasteiger partial charge < -0.3 is 15.5 Å². The van der Waals surface area contributed by atoms with Crippen LogP contribution in [0, 0.1) is 0 Å². The number of hydrogen-bond acceptors (Lipinski definition) is 4. The molecular weight excluding hydrogens is 324 g/mol. The van der Waals surface area contributed by atoms with Crippen molar-refractivity contribution < 1.29 is 4.79 Å². The van der Waals surface area contributed by atoms with E-state index in [1.807, 2.05) is 54.6 Å². The van der Waals surface area contributed by atoms with Gasteiger partial charge in [-0.15, -0.1) is 0 Å². The van der Waals surface area contributed by atoms with E-state index in [2.05, 4.69) is 34.4 Å². The van der Waals surface area contributed by atoms with Crippen LogP contribution in [-0.2, 0) is 0 Å². The topological polar surface area (TPSA) is 47.6 Å². The summed E-state index contributed by atoms with van der Waals surface area (Å²) in [7, 11) is 2.15. The third-order valence-electron chi connectivity index (χ3n) is 4.94. The summed E-state index contributed by atoms with van der Waals surface area (Å²) in [6, 6.07) is 17.9. The van der Waals surface area contributed by atoms with E-state index in [9.17, 15) is 4.79 Å². The van der Waals surface area contributed by atoms with Crippen LogP contribution in [0.2, 0.25) is 0 Å². The van der Waals surface area contributed by atoms with Crippen molar-refractivity contribution in [1.82, 2.24) is 15.1 Å². The van der Waals surface area contributed by atoms with Crippen LogP contribution in [0.4, 0.5) is 11.4 Å². The first-order chi connectivity index (χ1) is 12.6. The summed E-state index contributed by atoms with van der Waals surface area (Å²) in [6.07, 6.45) is 0. The highest BCUT2D eigenvalue weighted by atomic mass is 16.1. The highest BCUT2D eigenvalue weighted by Gasteiger charge is 2.20. The second kappa shape index (κ2) is 8.83. The van der Waals surface area contributed by atoms with Crippen LogP contribution in [0.3, 0.4) is 0 Å². The first-order valence-electron chi connectivity index (χ1n) is 9.25.